The second-order valence-electron chi connectivity index (χ2n) is 8.87. The van der Waals surface area contributed by atoms with Gasteiger partial charge in [0.15, 0.2) is 0 Å². The number of carbonyl (C=O) groups is 1. The minimum atomic E-state index is -0.457. The van der Waals surface area contributed by atoms with Gasteiger partial charge >= 0.3 is 5.97 Å². The predicted molar refractivity (Wildman–Crippen MR) is 158 cm³/mol. The van der Waals surface area contributed by atoms with Gasteiger partial charge in [-0.05, 0) is 30.5 Å². The molecule has 0 spiro atoms. The topological polar surface area (TPSA) is 109 Å². The summed E-state index contributed by atoms with van der Waals surface area (Å²) in [6, 6.07) is 8.28. The molecule has 1 aromatic carbocycles. The van der Waals surface area contributed by atoms with Gasteiger partial charge < -0.3 is 47.4 Å². The quantitative estimate of drug-likeness (QED) is 0.0691. The smallest absolute Gasteiger partial charge is 0.330 e. The van der Waals surface area contributed by atoms with Crippen LogP contribution in [0, 0.1) is 0 Å². The highest BCUT2D eigenvalue weighted by Gasteiger charge is 1.98. The maximum atomic E-state index is 10.8. The monoisotopic (exact) mass is 600 g/mol. The zero-order valence-electron chi connectivity index (χ0n) is 25.4. The molecule has 242 valence electrons. The molecule has 0 atom stereocenters. The molecule has 0 unspecified atom stereocenters. The van der Waals surface area contributed by atoms with Gasteiger partial charge in [0.1, 0.15) is 19.0 Å². The normalized spacial score (nSPS) is 11.1. The van der Waals surface area contributed by atoms with Crippen LogP contribution in [0.3, 0.4) is 0 Å². The molecular weight excluding hydrogens is 548 g/mol. The van der Waals surface area contributed by atoms with E-state index in [9.17, 15) is 4.79 Å². The zero-order chi connectivity index (χ0) is 30.2. The average molecular weight is 601 g/mol. The Bertz CT molecular complexity index is 730. The van der Waals surface area contributed by atoms with Gasteiger partial charge in [-0.25, -0.2) is 4.79 Å². The molecule has 0 aliphatic heterocycles. The Labute approximate surface area is 251 Å². The van der Waals surface area contributed by atoms with Crippen LogP contribution in [0.1, 0.15) is 25.3 Å². The summed E-state index contributed by atoms with van der Waals surface area (Å²) >= 11 is 0. The van der Waals surface area contributed by atoms with Gasteiger partial charge in [-0.15, -0.1) is 0 Å². The van der Waals surface area contributed by atoms with Gasteiger partial charge in [0.05, 0.1) is 106 Å². The second kappa shape index (κ2) is 30.4. The average Bonchev–Trinajstić information content (AvgIpc) is 3.01. The fraction of sp³-hybridized carbons (Fsp3) is 0.710. The van der Waals surface area contributed by atoms with Crippen LogP contribution in [0.5, 0.6) is 5.75 Å². The lowest BCUT2D eigenvalue weighted by Crippen LogP contribution is -2.15. The van der Waals surface area contributed by atoms with Gasteiger partial charge in [0.25, 0.3) is 0 Å². The Kier molecular flexibility index (Phi) is 27.4. The van der Waals surface area contributed by atoms with Crippen molar-refractivity contribution in [3.63, 3.8) is 0 Å². The van der Waals surface area contributed by atoms with Crippen LogP contribution < -0.4 is 4.74 Å². The van der Waals surface area contributed by atoms with Crippen molar-refractivity contribution in [3.8, 4) is 5.75 Å². The van der Waals surface area contributed by atoms with Crippen LogP contribution >= 0.6 is 0 Å². The van der Waals surface area contributed by atoms with Crippen molar-refractivity contribution in [1.82, 2.24) is 0 Å². The molecule has 42 heavy (non-hydrogen) atoms. The van der Waals surface area contributed by atoms with E-state index in [4.69, 9.17) is 47.4 Å². The lowest BCUT2D eigenvalue weighted by Gasteiger charge is -2.09. The van der Waals surface area contributed by atoms with E-state index in [0.717, 1.165) is 18.2 Å². The van der Waals surface area contributed by atoms with Crippen LogP contribution in [0.25, 0.3) is 0 Å². The Hall–Kier alpha value is -2.09. The first-order valence-corrected chi connectivity index (χ1v) is 14.9. The molecule has 0 bridgehead atoms. The Morgan fingerprint density at radius 3 is 1.29 bits per heavy atom. The van der Waals surface area contributed by atoms with E-state index in [2.05, 4.69) is 25.6 Å². The summed E-state index contributed by atoms with van der Waals surface area (Å²) in [7, 11) is 0. The Balaban J connectivity index is 1.68. The number of benzene rings is 1. The highest BCUT2D eigenvalue weighted by molar-refractivity contribution is 5.81. The van der Waals surface area contributed by atoms with Crippen molar-refractivity contribution >= 4 is 5.97 Å². The zero-order valence-corrected chi connectivity index (χ0v) is 25.4. The lowest BCUT2D eigenvalue weighted by molar-refractivity contribution is -0.139. The number of aryl methyl sites for hydroxylation is 1. The number of carbonyl (C=O) groups excluding carboxylic acids is 1. The van der Waals surface area contributed by atoms with E-state index in [1.165, 1.54) is 18.4 Å². The van der Waals surface area contributed by atoms with Gasteiger partial charge in [0.2, 0.25) is 0 Å². The Morgan fingerprint density at radius 2 is 0.929 bits per heavy atom. The van der Waals surface area contributed by atoms with Crippen molar-refractivity contribution in [2.24, 2.45) is 0 Å². The molecule has 0 saturated heterocycles. The SMILES string of the molecule is C=CC(=O)OCCOCCOCCOCCOCCOCCOCCOCCOCCOc1ccc(CCCC)cc1. The molecule has 11 heteroatoms. The van der Waals surface area contributed by atoms with E-state index in [1.54, 1.807) is 0 Å². The van der Waals surface area contributed by atoms with Gasteiger partial charge in [0, 0.05) is 6.08 Å². The Morgan fingerprint density at radius 1 is 0.571 bits per heavy atom. The molecule has 1 aromatic rings. The van der Waals surface area contributed by atoms with Crippen molar-refractivity contribution < 1.29 is 52.2 Å². The van der Waals surface area contributed by atoms with Gasteiger partial charge in [-0.1, -0.05) is 32.1 Å². The van der Waals surface area contributed by atoms with E-state index < -0.39 is 5.97 Å². The van der Waals surface area contributed by atoms with Crippen molar-refractivity contribution in [2.45, 2.75) is 26.2 Å². The standard InChI is InChI=1S/C31H52O11/c1-3-5-6-29-7-9-30(10-8-29)41-27-25-39-23-21-37-19-17-35-15-13-33-11-12-34-14-16-36-18-20-38-22-24-40-26-28-42-31(32)4-2/h4,7-10H,2-3,5-6,11-28H2,1H3. The molecule has 0 amide bonds. The summed E-state index contributed by atoms with van der Waals surface area (Å²) in [5.41, 5.74) is 1.35. The van der Waals surface area contributed by atoms with Crippen LogP contribution in [-0.2, 0) is 53.8 Å². The summed E-state index contributed by atoms with van der Waals surface area (Å²) in [6.45, 7) is 14.0. The third-order valence-corrected chi connectivity index (χ3v) is 5.48. The summed E-state index contributed by atoms with van der Waals surface area (Å²) < 4.78 is 54.0. The van der Waals surface area contributed by atoms with Crippen molar-refractivity contribution in [3.05, 3.63) is 42.5 Å². The number of hydrogen-bond donors (Lipinski definition) is 0. The molecule has 0 radical (unpaired) electrons. The van der Waals surface area contributed by atoms with Crippen LogP contribution in [0.4, 0.5) is 0 Å². The van der Waals surface area contributed by atoms with Crippen LogP contribution in [-0.4, -0.2) is 125 Å². The summed E-state index contributed by atoms with van der Waals surface area (Å²) in [6.07, 6.45) is 4.65. The molecule has 11 nitrogen and oxygen atoms in total. The molecule has 0 saturated carbocycles. The first-order chi connectivity index (χ1) is 20.8. The fourth-order valence-electron chi connectivity index (χ4n) is 3.25. The first-order valence-electron chi connectivity index (χ1n) is 14.9. The summed E-state index contributed by atoms with van der Waals surface area (Å²) in [4.78, 5) is 10.8. The fourth-order valence-corrected chi connectivity index (χ4v) is 3.25. The van der Waals surface area contributed by atoms with Gasteiger partial charge in [-0.3, -0.25) is 0 Å². The molecular formula is C31H52O11. The number of hydrogen-bond acceptors (Lipinski definition) is 11. The highest BCUT2D eigenvalue weighted by atomic mass is 16.6. The molecule has 0 heterocycles. The first kappa shape index (κ1) is 37.9. The third-order valence-electron chi connectivity index (χ3n) is 5.48. The maximum Gasteiger partial charge on any atom is 0.330 e. The van der Waals surface area contributed by atoms with Gasteiger partial charge in [-0.2, -0.15) is 0 Å². The van der Waals surface area contributed by atoms with Crippen LogP contribution in [0.2, 0.25) is 0 Å². The minimum Gasteiger partial charge on any atom is -0.491 e. The molecule has 0 fully saturated rings. The molecule has 1 rings (SSSR count). The maximum absolute atomic E-state index is 10.8. The van der Waals surface area contributed by atoms with Crippen molar-refractivity contribution in [1.29, 1.82) is 0 Å². The number of esters is 1. The molecule has 0 aliphatic carbocycles. The highest BCUT2D eigenvalue weighted by Crippen LogP contribution is 2.13. The summed E-state index contributed by atoms with van der Waals surface area (Å²) in [5, 5.41) is 0. The van der Waals surface area contributed by atoms with E-state index in [1.807, 2.05) is 12.1 Å². The summed E-state index contributed by atoms with van der Waals surface area (Å²) in [5.74, 6) is 0.415. The van der Waals surface area contributed by atoms with E-state index in [0.29, 0.717) is 112 Å². The number of ether oxygens (including phenoxy) is 10. The molecule has 0 aliphatic rings. The van der Waals surface area contributed by atoms with Crippen molar-refractivity contribution in [2.75, 3.05) is 119 Å². The van der Waals surface area contributed by atoms with Crippen LogP contribution in [0.15, 0.2) is 36.9 Å². The molecule has 0 aromatic heterocycles. The van der Waals surface area contributed by atoms with E-state index >= 15 is 0 Å². The minimum absolute atomic E-state index is 0.201. The third kappa shape index (κ3) is 25.6. The predicted octanol–water partition coefficient (Wildman–Crippen LogP) is 3.27. The largest absolute Gasteiger partial charge is 0.491 e. The number of rotatable bonds is 32. The molecule has 0 N–H and O–H groups in total. The lowest BCUT2D eigenvalue weighted by atomic mass is 10.1. The second-order valence-corrected chi connectivity index (χ2v) is 8.87. The van der Waals surface area contributed by atoms with E-state index in [-0.39, 0.29) is 6.61 Å². The number of unbranched alkanes of at least 4 members (excludes halogenated alkanes) is 1.